The van der Waals surface area contributed by atoms with Crippen LogP contribution in [0.1, 0.15) is 37.8 Å². The number of nitrogens with zero attached hydrogens (tertiary/aromatic N) is 1. The van der Waals surface area contributed by atoms with Gasteiger partial charge >= 0.3 is 0 Å². The number of sulfonamides is 1. The van der Waals surface area contributed by atoms with E-state index in [1.807, 2.05) is 39.8 Å². The van der Waals surface area contributed by atoms with Gasteiger partial charge in [0.25, 0.3) is 10.0 Å². The number of amides is 1. The lowest BCUT2D eigenvalue weighted by molar-refractivity contribution is -0.120. The largest absolute Gasteiger partial charge is 0.352 e. The lowest BCUT2D eigenvalue weighted by atomic mass is 10.2. The topological polar surface area (TPSA) is 66.5 Å². The number of hydrogen-bond acceptors (Lipinski definition) is 3. The van der Waals surface area contributed by atoms with Crippen molar-refractivity contribution in [3.8, 4) is 0 Å². The minimum Gasteiger partial charge on any atom is -0.352 e. The molecular formula is C21H28N2O3S. The standard InChI is InChI=1S/C21H28N2O3S/c1-5-6-18(4)22-21(24)15-23(19-11-7-16(2)8-12-19)27(25,26)20-13-9-17(3)10-14-20/h7-14,18H,5-6,15H2,1-4H3,(H,22,24)/t18-/m1/s1. The van der Waals surface area contributed by atoms with Crippen LogP contribution in [0.25, 0.3) is 0 Å². The maximum atomic E-state index is 13.2. The van der Waals surface area contributed by atoms with Gasteiger partial charge in [0.2, 0.25) is 5.91 Å². The van der Waals surface area contributed by atoms with Crippen molar-refractivity contribution in [3.63, 3.8) is 0 Å². The molecule has 2 aromatic rings. The summed E-state index contributed by atoms with van der Waals surface area (Å²) in [6.45, 7) is 7.54. The van der Waals surface area contributed by atoms with E-state index in [2.05, 4.69) is 5.32 Å². The Kier molecular flexibility index (Phi) is 7.02. The average molecular weight is 389 g/mol. The van der Waals surface area contributed by atoms with Crippen molar-refractivity contribution in [3.05, 3.63) is 59.7 Å². The highest BCUT2D eigenvalue weighted by Gasteiger charge is 2.27. The molecule has 0 aliphatic rings. The quantitative estimate of drug-likeness (QED) is 0.748. The van der Waals surface area contributed by atoms with E-state index in [9.17, 15) is 13.2 Å². The molecule has 0 heterocycles. The molecule has 0 aliphatic heterocycles. The second kappa shape index (κ2) is 9.04. The fourth-order valence-corrected chi connectivity index (χ4v) is 4.24. The number of carbonyl (C=O) groups excluding carboxylic acids is 1. The Morgan fingerprint density at radius 3 is 2.04 bits per heavy atom. The Balaban J connectivity index is 2.36. The second-order valence-electron chi connectivity index (χ2n) is 6.92. The van der Waals surface area contributed by atoms with Gasteiger partial charge in [-0.05, 0) is 51.5 Å². The molecule has 0 fully saturated rings. The fourth-order valence-electron chi connectivity index (χ4n) is 2.82. The molecule has 0 saturated carbocycles. The zero-order valence-electron chi connectivity index (χ0n) is 16.4. The maximum absolute atomic E-state index is 13.2. The monoisotopic (exact) mass is 388 g/mol. The molecule has 0 saturated heterocycles. The van der Waals surface area contributed by atoms with Crippen molar-refractivity contribution in [2.24, 2.45) is 0 Å². The van der Waals surface area contributed by atoms with Gasteiger partial charge in [0.15, 0.2) is 0 Å². The molecule has 1 amide bonds. The van der Waals surface area contributed by atoms with E-state index in [0.717, 1.165) is 24.0 Å². The molecule has 0 radical (unpaired) electrons. The number of anilines is 1. The Bertz CT molecular complexity index is 859. The fraction of sp³-hybridized carbons (Fsp3) is 0.381. The summed E-state index contributed by atoms with van der Waals surface area (Å²) in [5, 5.41) is 2.88. The van der Waals surface area contributed by atoms with Gasteiger partial charge in [-0.2, -0.15) is 0 Å². The van der Waals surface area contributed by atoms with Gasteiger partial charge in [0.1, 0.15) is 6.54 Å². The van der Waals surface area contributed by atoms with Crippen molar-refractivity contribution >= 4 is 21.6 Å². The zero-order valence-corrected chi connectivity index (χ0v) is 17.2. The van der Waals surface area contributed by atoms with E-state index in [-0.39, 0.29) is 23.4 Å². The highest BCUT2D eigenvalue weighted by atomic mass is 32.2. The van der Waals surface area contributed by atoms with Crippen LogP contribution in [0.3, 0.4) is 0 Å². The van der Waals surface area contributed by atoms with Gasteiger partial charge in [0.05, 0.1) is 10.6 Å². The number of nitrogens with one attached hydrogen (secondary N) is 1. The first-order valence-corrected chi connectivity index (χ1v) is 10.6. The van der Waals surface area contributed by atoms with Gasteiger partial charge in [0, 0.05) is 6.04 Å². The smallest absolute Gasteiger partial charge is 0.264 e. The Hall–Kier alpha value is -2.34. The Morgan fingerprint density at radius 2 is 1.52 bits per heavy atom. The van der Waals surface area contributed by atoms with Gasteiger partial charge in [-0.3, -0.25) is 9.10 Å². The number of rotatable bonds is 8. The van der Waals surface area contributed by atoms with Crippen LogP contribution >= 0.6 is 0 Å². The van der Waals surface area contributed by atoms with Crippen LogP contribution < -0.4 is 9.62 Å². The summed E-state index contributed by atoms with van der Waals surface area (Å²) in [5.74, 6) is -0.313. The SMILES string of the molecule is CCC[C@@H](C)NC(=O)CN(c1ccc(C)cc1)S(=O)(=O)c1ccc(C)cc1. The van der Waals surface area contributed by atoms with E-state index >= 15 is 0 Å². The summed E-state index contributed by atoms with van der Waals surface area (Å²) >= 11 is 0. The molecular weight excluding hydrogens is 360 g/mol. The van der Waals surface area contributed by atoms with Gasteiger partial charge in [-0.15, -0.1) is 0 Å². The van der Waals surface area contributed by atoms with Gasteiger partial charge in [-0.25, -0.2) is 8.42 Å². The number of benzene rings is 2. The first-order valence-electron chi connectivity index (χ1n) is 9.19. The molecule has 0 aliphatic carbocycles. The van der Waals surface area contributed by atoms with Crippen molar-refractivity contribution < 1.29 is 13.2 Å². The maximum Gasteiger partial charge on any atom is 0.264 e. The summed E-state index contributed by atoms with van der Waals surface area (Å²) in [6.07, 6.45) is 1.80. The molecule has 0 unspecified atom stereocenters. The lowest BCUT2D eigenvalue weighted by Crippen LogP contribution is -2.43. The van der Waals surface area contributed by atoms with Crippen LogP contribution in [0, 0.1) is 13.8 Å². The third-order valence-corrected chi connectivity index (χ3v) is 6.14. The van der Waals surface area contributed by atoms with Crippen LogP contribution in [0.5, 0.6) is 0 Å². The molecule has 6 heteroatoms. The zero-order chi connectivity index (χ0) is 20.0. The normalized spacial score (nSPS) is 12.4. The summed E-state index contributed by atoms with van der Waals surface area (Å²) < 4.78 is 27.6. The second-order valence-corrected chi connectivity index (χ2v) is 8.78. The van der Waals surface area contributed by atoms with Crippen LogP contribution in [0.2, 0.25) is 0 Å². The van der Waals surface area contributed by atoms with Crippen molar-refractivity contribution in [1.82, 2.24) is 5.32 Å². The van der Waals surface area contributed by atoms with Gasteiger partial charge < -0.3 is 5.32 Å². The van der Waals surface area contributed by atoms with Crippen LogP contribution in [-0.2, 0) is 14.8 Å². The molecule has 0 spiro atoms. The number of carbonyl (C=O) groups is 1. The first-order chi connectivity index (χ1) is 12.7. The summed E-state index contributed by atoms with van der Waals surface area (Å²) in [4.78, 5) is 12.7. The number of aryl methyl sites for hydroxylation is 2. The van der Waals surface area contributed by atoms with Crippen LogP contribution in [0.15, 0.2) is 53.4 Å². The molecule has 5 nitrogen and oxygen atoms in total. The van der Waals surface area contributed by atoms with Crippen LogP contribution in [0.4, 0.5) is 5.69 Å². The molecule has 146 valence electrons. The third kappa shape index (κ3) is 5.57. The van der Waals surface area contributed by atoms with E-state index in [4.69, 9.17) is 0 Å². The van der Waals surface area contributed by atoms with Crippen molar-refractivity contribution in [2.75, 3.05) is 10.8 Å². The van der Waals surface area contributed by atoms with Crippen molar-refractivity contribution in [2.45, 2.75) is 51.5 Å². The summed E-state index contributed by atoms with van der Waals surface area (Å²) in [6, 6.07) is 13.8. The average Bonchev–Trinajstić information content (AvgIpc) is 2.61. The lowest BCUT2D eigenvalue weighted by Gasteiger charge is -2.25. The first kappa shape index (κ1) is 21.0. The van der Waals surface area contributed by atoms with Crippen LogP contribution in [-0.4, -0.2) is 26.9 Å². The third-order valence-electron chi connectivity index (χ3n) is 4.35. The van der Waals surface area contributed by atoms with E-state index in [0.29, 0.717) is 5.69 Å². The molecule has 2 rings (SSSR count). The van der Waals surface area contributed by atoms with E-state index in [1.54, 1.807) is 36.4 Å². The minimum absolute atomic E-state index is 0.00412. The summed E-state index contributed by atoms with van der Waals surface area (Å²) in [7, 11) is -3.85. The molecule has 1 atom stereocenters. The van der Waals surface area contributed by atoms with E-state index < -0.39 is 10.0 Å². The molecule has 2 aromatic carbocycles. The molecule has 1 N–H and O–H groups in total. The minimum atomic E-state index is -3.85. The summed E-state index contributed by atoms with van der Waals surface area (Å²) in [5.41, 5.74) is 2.47. The molecule has 0 bridgehead atoms. The van der Waals surface area contributed by atoms with Gasteiger partial charge in [-0.1, -0.05) is 48.7 Å². The Morgan fingerprint density at radius 1 is 1.00 bits per heavy atom. The number of hydrogen-bond donors (Lipinski definition) is 1. The Labute approximate surface area is 162 Å². The highest BCUT2D eigenvalue weighted by Crippen LogP contribution is 2.24. The molecule has 0 aromatic heterocycles. The van der Waals surface area contributed by atoms with Crippen molar-refractivity contribution in [1.29, 1.82) is 0 Å². The van der Waals surface area contributed by atoms with E-state index in [1.165, 1.54) is 4.31 Å². The highest BCUT2D eigenvalue weighted by molar-refractivity contribution is 7.92. The predicted molar refractivity (Wildman–Crippen MR) is 109 cm³/mol. The molecule has 27 heavy (non-hydrogen) atoms. The predicted octanol–water partition coefficient (Wildman–Crippen LogP) is 3.80.